The number of halogens is 2. The molecule has 8 heteroatoms. The highest BCUT2D eigenvalue weighted by molar-refractivity contribution is 6.02. The third-order valence-electron chi connectivity index (χ3n) is 3.56. The Balaban J connectivity index is 2.20. The average Bonchev–Trinajstić information content (AvgIpc) is 2.60. The summed E-state index contributed by atoms with van der Waals surface area (Å²) in [5.74, 6) is -2.29. The van der Waals surface area contributed by atoms with Crippen LogP contribution in [0.3, 0.4) is 0 Å². The molecule has 138 valence electrons. The van der Waals surface area contributed by atoms with E-state index in [0.29, 0.717) is 17.2 Å². The number of benzene rings is 2. The van der Waals surface area contributed by atoms with E-state index in [1.807, 2.05) is 0 Å². The lowest BCUT2D eigenvalue weighted by Gasteiger charge is -2.21. The summed E-state index contributed by atoms with van der Waals surface area (Å²) in [6.07, 6.45) is 0. The van der Waals surface area contributed by atoms with E-state index in [1.54, 1.807) is 12.1 Å². The molecular formula is C18H18F2N2O4. The smallest absolute Gasteiger partial charge is 0.244 e. The van der Waals surface area contributed by atoms with Gasteiger partial charge in [-0.05, 0) is 24.3 Å². The number of nitrogens with one attached hydrogen (secondary N) is 1. The van der Waals surface area contributed by atoms with E-state index in [1.165, 1.54) is 26.4 Å². The van der Waals surface area contributed by atoms with Gasteiger partial charge in [0.2, 0.25) is 11.8 Å². The van der Waals surface area contributed by atoms with Crippen LogP contribution in [0.25, 0.3) is 0 Å². The molecule has 0 radical (unpaired) electrons. The lowest BCUT2D eigenvalue weighted by Crippen LogP contribution is -2.37. The van der Waals surface area contributed by atoms with Gasteiger partial charge in [-0.1, -0.05) is 6.07 Å². The van der Waals surface area contributed by atoms with Gasteiger partial charge in [0.15, 0.2) is 11.5 Å². The van der Waals surface area contributed by atoms with Crippen molar-refractivity contribution in [2.45, 2.75) is 6.92 Å². The molecule has 0 fully saturated rings. The predicted octanol–water partition coefficient (Wildman–Crippen LogP) is 2.97. The van der Waals surface area contributed by atoms with Crippen LogP contribution in [0.2, 0.25) is 0 Å². The van der Waals surface area contributed by atoms with Gasteiger partial charge < -0.3 is 14.8 Å². The lowest BCUT2D eigenvalue weighted by atomic mass is 10.2. The highest BCUT2D eigenvalue weighted by Crippen LogP contribution is 2.30. The number of hydrogen-bond donors (Lipinski definition) is 1. The first-order valence-electron chi connectivity index (χ1n) is 7.61. The molecule has 2 aromatic carbocycles. The minimum atomic E-state index is -0.931. The normalized spacial score (nSPS) is 10.2. The van der Waals surface area contributed by atoms with Crippen molar-refractivity contribution in [3.63, 3.8) is 0 Å². The molecule has 0 bridgehead atoms. The van der Waals surface area contributed by atoms with Gasteiger partial charge in [-0.2, -0.15) is 0 Å². The topological polar surface area (TPSA) is 67.9 Å². The SMILES string of the molecule is COc1ccc(NC(=O)CN(C(C)=O)c2c(F)cccc2F)cc1OC. The van der Waals surface area contributed by atoms with Crippen molar-refractivity contribution in [3.8, 4) is 11.5 Å². The van der Waals surface area contributed by atoms with Crippen molar-refractivity contribution in [1.82, 2.24) is 0 Å². The molecule has 0 saturated heterocycles. The van der Waals surface area contributed by atoms with Gasteiger partial charge in [-0.25, -0.2) is 8.78 Å². The number of ether oxygens (including phenoxy) is 2. The van der Waals surface area contributed by atoms with Gasteiger partial charge >= 0.3 is 0 Å². The lowest BCUT2D eigenvalue weighted by molar-refractivity contribution is -0.120. The average molecular weight is 364 g/mol. The largest absolute Gasteiger partial charge is 0.493 e. The van der Waals surface area contributed by atoms with Crippen molar-refractivity contribution in [3.05, 3.63) is 48.0 Å². The Morgan fingerprint density at radius 1 is 1.04 bits per heavy atom. The first kappa shape index (κ1) is 19.2. The molecule has 1 N–H and O–H groups in total. The summed E-state index contributed by atoms with van der Waals surface area (Å²) in [5.41, 5.74) is -0.187. The molecule has 2 aromatic rings. The molecule has 0 atom stereocenters. The van der Waals surface area contributed by atoms with Crippen molar-refractivity contribution in [2.75, 3.05) is 31.0 Å². The van der Waals surface area contributed by atoms with E-state index in [0.717, 1.165) is 24.0 Å². The van der Waals surface area contributed by atoms with Crippen LogP contribution in [0.5, 0.6) is 11.5 Å². The Morgan fingerprint density at radius 3 is 2.19 bits per heavy atom. The first-order valence-corrected chi connectivity index (χ1v) is 7.61. The summed E-state index contributed by atoms with van der Waals surface area (Å²) < 4.78 is 38.1. The zero-order valence-corrected chi connectivity index (χ0v) is 14.5. The van der Waals surface area contributed by atoms with E-state index < -0.39 is 35.7 Å². The van der Waals surface area contributed by atoms with Gasteiger partial charge in [0.05, 0.1) is 14.2 Å². The Bertz CT molecular complexity index is 807. The number of anilines is 2. The molecule has 0 heterocycles. The van der Waals surface area contributed by atoms with Crippen LogP contribution in [0, 0.1) is 11.6 Å². The van der Waals surface area contributed by atoms with Crippen LogP contribution in [0.15, 0.2) is 36.4 Å². The molecule has 2 amide bonds. The Kier molecular flexibility index (Phi) is 6.11. The summed E-state index contributed by atoms with van der Waals surface area (Å²) in [4.78, 5) is 24.8. The van der Waals surface area contributed by atoms with Gasteiger partial charge in [0.1, 0.15) is 23.9 Å². The number of methoxy groups -OCH3 is 2. The minimum absolute atomic E-state index is 0.380. The summed E-state index contributed by atoms with van der Waals surface area (Å²) in [5, 5.41) is 2.55. The van der Waals surface area contributed by atoms with Crippen LogP contribution in [0.1, 0.15) is 6.92 Å². The van der Waals surface area contributed by atoms with Crippen molar-refractivity contribution >= 4 is 23.2 Å². The van der Waals surface area contributed by atoms with Crippen molar-refractivity contribution < 1.29 is 27.8 Å². The molecule has 6 nitrogen and oxygen atoms in total. The third-order valence-corrected chi connectivity index (χ3v) is 3.56. The molecular weight excluding hydrogens is 346 g/mol. The van der Waals surface area contributed by atoms with Crippen LogP contribution in [-0.2, 0) is 9.59 Å². The fourth-order valence-corrected chi connectivity index (χ4v) is 2.35. The second kappa shape index (κ2) is 8.28. The fourth-order valence-electron chi connectivity index (χ4n) is 2.35. The summed E-state index contributed by atoms with van der Waals surface area (Å²) in [7, 11) is 2.92. The highest BCUT2D eigenvalue weighted by Gasteiger charge is 2.22. The van der Waals surface area contributed by atoms with Crippen LogP contribution >= 0.6 is 0 Å². The molecule has 2 rings (SSSR count). The number of hydrogen-bond acceptors (Lipinski definition) is 4. The van der Waals surface area contributed by atoms with E-state index in [9.17, 15) is 18.4 Å². The molecule has 0 aromatic heterocycles. The summed E-state index contributed by atoms with van der Waals surface area (Å²) in [6, 6.07) is 7.89. The van der Waals surface area contributed by atoms with E-state index >= 15 is 0 Å². The van der Waals surface area contributed by atoms with Crippen LogP contribution in [0.4, 0.5) is 20.2 Å². The summed E-state index contributed by atoms with van der Waals surface area (Å²) >= 11 is 0. The number of rotatable bonds is 6. The molecule has 0 unspecified atom stereocenters. The van der Waals surface area contributed by atoms with Crippen molar-refractivity contribution in [2.24, 2.45) is 0 Å². The quantitative estimate of drug-likeness (QED) is 0.856. The third kappa shape index (κ3) is 4.27. The molecule has 0 aliphatic rings. The molecule has 26 heavy (non-hydrogen) atoms. The first-order chi connectivity index (χ1) is 12.4. The fraction of sp³-hybridized carbons (Fsp3) is 0.222. The van der Waals surface area contributed by atoms with Crippen LogP contribution < -0.4 is 19.7 Å². The number of carbonyl (C=O) groups excluding carboxylic acids is 2. The summed E-state index contributed by atoms with van der Waals surface area (Å²) in [6.45, 7) is 0.567. The minimum Gasteiger partial charge on any atom is -0.493 e. The predicted molar refractivity (Wildman–Crippen MR) is 92.6 cm³/mol. The number of amides is 2. The molecule has 0 saturated carbocycles. The number of para-hydroxylation sites is 1. The Morgan fingerprint density at radius 2 is 1.65 bits per heavy atom. The highest BCUT2D eigenvalue weighted by atomic mass is 19.1. The standard InChI is InChI=1S/C18H18F2N2O4/c1-11(23)22(18-13(19)5-4-6-14(18)20)10-17(24)21-12-7-8-15(25-2)16(9-12)26-3/h4-9H,10H2,1-3H3,(H,21,24). The van der Waals surface area contributed by atoms with Gasteiger partial charge in [0, 0.05) is 18.7 Å². The molecule has 0 aliphatic heterocycles. The Labute approximate surface area is 149 Å². The van der Waals surface area contributed by atoms with E-state index in [-0.39, 0.29) is 0 Å². The maximum atomic E-state index is 13.9. The van der Waals surface area contributed by atoms with Crippen LogP contribution in [-0.4, -0.2) is 32.6 Å². The second-order valence-electron chi connectivity index (χ2n) is 5.29. The van der Waals surface area contributed by atoms with Gasteiger partial charge in [-0.3, -0.25) is 14.5 Å². The maximum Gasteiger partial charge on any atom is 0.244 e. The van der Waals surface area contributed by atoms with E-state index in [4.69, 9.17) is 9.47 Å². The maximum absolute atomic E-state index is 13.9. The van der Waals surface area contributed by atoms with Gasteiger partial charge in [0.25, 0.3) is 0 Å². The zero-order chi connectivity index (χ0) is 19.3. The number of carbonyl (C=O) groups is 2. The zero-order valence-electron chi connectivity index (χ0n) is 14.5. The number of nitrogens with zero attached hydrogens (tertiary/aromatic N) is 1. The Hall–Kier alpha value is -3.16. The van der Waals surface area contributed by atoms with E-state index in [2.05, 4.69) is 5.32 Å². The monoisotopic (exact) mass is 364 g/mol. The van der Waals surface area contributed by atoms with Crippen molar-refractivity contribution in [1.29, 1.82) is 0 Å². The molecule has 0 spiro atoms. The van der Waals surface area contributed by atoms with Gasteiger partial charge in [-0.15, -0.1) is 0 Å². The molecule has 0 aliphatic carbocycles. The second-order valence-corrected chi connectivity index (χ2v) is 5.29.